The molecule has 1 saturated heterocycles. The van der Waals surface area contributed by atoms with E-state index in [2.05, 4.69) is 28.5 Å². The van der Waals surface area contributed by atoms with Gasteiger partial charge in [-0.1, -0.05) is 18.6 Å². The lowest BCUT2D eigenvalue weighted by molar-refractivity contribution is -0.123. The van der Waals surface area contributed by atoms with Gasteiger partial charge >= 0.3 is 0 Å². The lowest BCUT2D eigenvalue weighted by Gasteiger charge is -2.38. The molecule has 152 valence electrons. The summed E-state index contributed by atoms with van der Waals surface area (Å²) in [5, 5.41) is 6.39. The molecule has 28 heavy (non-hydrogen) atoms. The van der Waals surface area contributed by atoms with Crippen molar-refractivity contribution in [1.29, 1.82) is 0 Å². The molecule has 2 N–H and O–H groups in total. The molecule has 2 saturated carbocycles. The van der Waals surface area contributed by atoms with Crippen LogP contribution in [-0.4, -0.2) is 49.0 Å². The van der Waals surface area contributed by atoms with E-state index in [1.807, 2.05) is 18.2 Å². The van der Waals surface area contributed by atoms with Crippen LogP contribution in [-0.2, 0) is 11.3 Å². The number of hydrogen-bond acceptors (Lipinski definition) is 3. The van der Waals surface area contributed by atoms with Crippen molar-refractivity contribution in [2.75, 3.05) is 26.2 Å². The molecule has 1 spiro atoms. The fourth-order valence-electron chi connectivity index (χ4n) is 4.17. The summed E-state index contributed by atoms with van der Waals surface area (Å²) in [6.45, 7) is 5.91. The van der Waals surface area contributed by atoms with Crippen LogP contribution < -0.4 is 15.4 Å². The zero-order valence-electron chi connectivity index (χ0n) is 16.9. The van der Waals surface area contributed by atoms with Gasteiger partial charge in [0.05, 0.1) is 6.54 Å². The zero-order valence-corrected chi connectivity index (χ0v) is 16.9. The highest BCUT2D eigenvalue weighted by Gasteiger charge is 2.43. The Balaban J connectivity index is 1.33. The van der Waals surface area contributed by atoms with Crippen molar-refractivity contribution in [3.63, 3.8) is 0 Å². The molecule has 0 aromatic heterocycles. The van der Waals surface area contributed by atoms with Gasteiger partial charge < -0.3 is 20.3 Å². The van der Waals surface area contributed by atoms with E-state index in [0.29, 0.717) is 18.0 Å². The third kappa shape index (κ3) is 4.78. The van der Waals surface area contributed by atoms with Crippen molar-refractivity contribution in [2.24, 2.45) is 10.4 Å². The molecule has 4 rings (SSSR count). The maximum atomic E-state index is 11.8. The van der Waals surface area contributed by atoms with E-state index < -0.39 is 0 Å². The number of aliphatic imine (C=N–C) groups is 1. The molecule has 0 radical (unpaired) electrons. The monoisotopic (exact) mass is 384 g/mol. The number of nitrogens with one attached hydrogen (secondary N) is 2. The van der Waals surface area contributed by atoms with E-state index >= 15 is 0 Å². The molecule has 1 aromatic carbocycles. The standard InChI is InChI=1S/C22H32N4O2/c1-2-23-21(26-12-11-22(16-26)9-4-10-22)24-14-17-5-3-6-19(13-17)28-15-20(27)25-18-7-8-18/h3,5-6,13,18H,2,4,7-12,14-16H2,1H3,(H,23,24)(H,25,27). The number of likely N-dealkylation sites (tertiary alicyclic amines) is 1. The lowest BCUT2D eigenvalue weighted by atomic mass is 9.68. The quantitative estimate of drug-likeness (QED) is 0.560. The SMILES string of the molecule is CCNC(=NCc1cccc(OCC(=O)NC2CC2)c1)N1CCC2(CCC2)C1. The molecule has 6 heteroatoms. The summed E-state index contributed by atoms with van der Waals surface area (Å²) in [5.41, 5.74) is 1.65. The maximum Gasteiger partial charge on any atom is 0.258 e. The van der Waals surface area contributed by atoms with Gasteiger partial charge in [-0.25, -0.2) is 4.99 Å². The van der Waals surface area contributed by atoms with Crippen molar-refractivity contribution in [3.05, 3.63) is 29.8 Å². The van der Waals surface area contributed by atoms with E-state index in [0.717, 1.165) is 49.7 Å². The fraction of sp³-hybridized carbons (Fsp3) is 0.636. The number of rotatable bonds is 7. The normalized spacial score (nSPS) is 20.8. The van der Waals surface area contributed by atoms with E-state index in [9.17, 15) is 4.79 Å². The Labute approximate surface area is 167 Å². The Bertz CT molecular complexity index is 725. The summed E-state index contributed by atoms with van der Waals surface area (Å²) in [7, 11) is 0. The summed E-state index contributed by atoms with van der Waals surface area (Å²) >= 11 is 0. The van der Waals surface area contributed by atoms with Crippen molar-refractivity contribution in [1.82, 2.24) is 15.5 Å². The van der Waals surface area contributed by atoms with Crippen molar-refractivity contribution in [2.45, 2.75) is 58.0 Å². The minimum Gasteiger partial charge on any atom is -0.484 e. The molecule has 1 aromatic rings. The topological polar surface area (TPSA) is 66.0 Å². The van der Waals surface area contributed by atoms with Crippen LogP contribution >= 0.6 is 0 Å². The minimum atomic E-state index is -0.0423. The first-order valence-electron chi connectivity index (χ1n) is 10.7. The van der Waals surface area contributed by atoms with Crippen LogP contribution in [0.5, 0.6) is 5.75 Å². The molecule has 3 fully saturated rings. The molecule has 0 atom stereocenters. The number of ether oxygens (including phenoxy) is 1. The van der Waals surface area contributed by atoms with Crippen LogP contribution in [0.4, 0.5) is 0 Å². The first-order valence-corrected chi connectivity index (χ1v) is 10.7. The highest BCUT2D eigenvalue weighted by Crippen LogP contribution is 2.47. The number of carbonyl (C=O) groups excluding carboxylic acids is 1. The molecule has 0 unspecified atom stereocenters. The molecule has 2 aliphatic carbocycles. The second-order valence-electron chi connectivity index (χ2n) is 8.47. The molecule has 1 heterocycles. The van der Waals surface area contributed by atoms with Crippen molar-refractivity contribution in [3.8, 4) is 5.75 Å². The lowest BCUT2D eigenvalue weighted by Crippen LogP contribution is -2.42. The number of carbonyl (C=O) groups is 1. The van der Waals surface area contributed by atoms with Gasteiger partial charge in [-0.15, -0.1) is 0 Å². The second kappa shape index (κ2) is 8.41. The molecular weight excluding hydrogens is 352 g/mol. The van der Waals surface area contributed by atoms with Gasteiger partial charge in [0.2, 0.25) is 0 Å². The summed E-state index contributed by atoms with van der Waals surface area (Å²) in [4.78, 5) is 19.1. The maximum absolute atomic E-state index is 11.8. The van der Waals surface area contributed by atoms with Crippen molar-refractivity contribution >= 4 is 11.9 Å². The molecular formula is C22H32N4O2. The van der Waals surface area contributed by atoms with Gasteiger partial charge in [0.25, 0.3) is 5.91 Å². The zero-order chi connectivity index (χ0) is 19.4. The van der Waals surface area contributed by atoms with Crippen LogP contribution in [0.15, 0.2) is 29.3 Å². The van der Waals surface area contributed by atoms with Gasteiger partial charge in [-0.2, -0.15) is 0 Å². The Kier molecular flexibility index (Phi) is 5.74. The first-order chi connectivity index (χ1) is 13.7. The van der Waals surface area contributed by atoms with Gasteiger partial charge in [-0.3, -0.25) is 4.79 Å². The molecule has 0 bridgehead atoms. The number of nitrogens with zero attached hydrogens (tertiary/aromatic N) is 2. The highest BCUT2D eigenvalue weighted by atomic mass is 16.5. The smallest absolute Gasteiger partial charge is 0.258 e. The van der Waals surface area contributed by atoms with E-state index in [1.165, 1.54) is 25.7 Å². The van der Waals surface area contributed by atoms with E-state index in [-0.39, 0.29) is 12.5 Å². The van der Waals surface area contributed by atoms with Crippen molar-refractivity contribution < 1.29 is 9.53 Å². The van der Waals surface area contributed by atoms with Crippen LogP contribution in [0.25, 0.3) is 0 Å². The summed E-state index contributed by atoms with van der Waals surface area (Å²) in [5.74, 6) is 1.69. The highest BCUT2D eigenvalue weighted by molar-refractivity contribution is 5.80. The van der Waals surface area contributed by atoms with Gasteiger partial charge in [0.1, 0.15) is 5.75 Å². The van der Waals surface area contributed by atoms with Crippen LogP contribution in [0, 0.1) is 5.41 Å². The predicted molar refractivity (Wildman–Crippen MR) is 110 cm³/mol. The molecule has 1 aliphatic heterocycles. The Morgan fingerprint density at radius 3 is 2.86 bits per heavy atom. The second-order valence-corrected chi connectivity index (χ2v) is 8.47. The average Bonchev–Trinajstić information content (AvgIpc) is 3.36. The molecule has 3 aliphatic rings. The van der Waals surface area contributed by atoms with Gasteiger partial charge in [0.15, 0.2) is 12.6 Å². The van der Waals surface area contributed by atoms with E-state index in [4.69, 9.17) is 9.73 Å². The third-order valence-electron chi connectivity index (χ3n) is 6.11. The minimum absolute atomic E-state index is 0.0423. The predicted octanol–water partition coefficient (Wildman–Crippen LogP) is 2.69. The Hall–Kier alpha value is -2.24. The number of hydrogen-bond donors (Lipinski definition) is 2. The number of guanidine groups is 1. The van der Waals surface area contributed by atoms with Gasteiger partial charge in [-0.05, 0) is 62.1 Å². The summed E-state index contributed by atoms with van der Waals surface area (Å²) in [6, 6.07) is 8.26. The van der Waals surface area contributed by atoms with Crippen LogP contribution in [0.3, 0.4) is 0 Å². The Morgan fingerprint density at radius 1 is 1.32 bits per heavy atom. The first kappa shape index (κ1) is 19.1. The fourth-order valence-corrected chi connectivity index (χ4v) is 4.17. The summed E-state index contributed by atoms with van der Waals surface area (Å²) in [6.07, 6.45) is 7.60. The van der Waals surface area contributed by atoms with Gasteiger partial charge in [0, 0.05) is 25.7 Å². The number of amides is 1. The largest absolute Gasteiger partial charge is 0.484 e. The average molecular weight is 385 g/mol. The number of benzene rings is 1. The molecule has 6 nitrogen and oxygen atoms in total. The third-order valence-corrected chi connectivity index (χ3v) is 6.11. The summed E-state index contributed by atoms with van der Waals surface area (Å²) < 4.78 is 5.65. The van der Waals surface area contributed by atoms with Crippen LogP contribution in [0.1, 0.15) is 51.0 Å². The van der Waals surface area contributed by atoms with Crippen LogP contribution in [0.2, 0.25) is 0 Å². The van der Waals surface area contributed by atoms with E-state index in [1.54, 1.807) is 0 Å². The Morgan fingerprint density at radius 2 is 2.18 bits per heavy atom. The molecule has 1 amide bonds.